The van der Waals surface area contributed by atoms with E-state index in [0.717, 1.165) is 28.6 Å². The van der Waals surface area contributed by atoms with Gasteiger partial charge in [0.2, 0.25) is 10.0 Å². The molecule has 3 N–H and O–H groups in total. The number of nitrogens with one attached hydrogen (secondary N) is 3. The number of hydrogen-bond donors (Lipinski definition) is 3. The van der Waals surface area contributed by atoms with Crippen LogP contribution < -0.4 is 15.4 Å². The standard InChI is InChI=1S/C18H23N3O3S/c1-12-8-13(2)10-17(9-12)20-18(22)19-14(3)15-6-5-7-16(11-15)21-25(4,23)24/h5-11,14,21H,1-4H3,(H2,19,20,22). The fraction of sp³-hybridized carbons (Fsp3) is 0.278. The van der Waals surface area contributed by atoms with Crippen molar-refractivity contribution in [1.82, 2.24) is 5.32 Å². The summed E-state index contributed by atoms with van der Waals surface area (Å²) in [4.78, 5) is 12.2. The molecule has 0 aliphatic carbocycles. The highest BCUT2D eigenvalue weighted by Gasteiger charge is 2.11. The van der Waals surface area contributed by atoms with E-state index in [-0.39, 0.29) is 12.1 Å². The predicted molar refractivity (Wildman–Crippen MR) is 101 cm³/mol. The van der Waals surface area contributed by atoms with E-state index >= 15 is 0 Å². The molecule has 2 amide bonds. The van der Waals surface area contributed by atoms with Crippen LogP contribution in [-0.2, 0) is 10.0 Å². The second-order valence-electron chi connectivity index (χ2n) is 6.20. The van der Waals surface area contributed by atoms with Gasteiger partial charge in [-0.2, -0.15) is 0 Å². The molecule has 134 valence electrons. The molecule has 2 rings (SSSR count). The Morgan fingerprint density at radius 1 is 1.00 bits per heavy atom. The largest absolute Gasteiger partial charge is 0.331 e. The minimum Gasteiger partial charge on any atom is -0.331 e. The first-order valence-corrected chi connectivity index (χ1v) is 9.75. The molecule has 0 radical (unpaired) electrons. The van der Waals surface area contributed by atoms with Gasteiger partial charge in [0.1, 0.15) is 0 Å². The highest BCUT2D eigenvalue weighted by Crippen LogP contribution is 2.19. The predicted octanol–water partition coefficient (Wildman–Crippen LogP) is 3.56. The van der Waals surface area contributed by atoms with Gasteiger partial charge in [0, 0.05) is 11.4 Å². The van der Waals surface area contributed by atoms with Crippen molar-refractivity contribution in [3.8, 4) is 0 Å². The summed E-state index contributed by atoms with van der Waals surface area (Å²) in [7, 11) is -3.34. The second kappa shape index (κ2) is 7.57. The van der Waals surface area contributed by atoms with E-state index < -0.39 is 10.0 Å². The van der Waals surface area contributed by atoms with Gasteiger partial charge in [0.05, 0.1) is 12.3 Å². The van der Waals surface area contributed by atoms with Crippen LogP contribution in [0, 0.1) is 13.8 Å². The molecule has 0 bridgehead atoms. The molecule has 25 heavy (non-hydrogen) atoms. The maximum Gasteiger partial charge on any atom is 0.319 e. The zero-order chi connectivity index (χ0) is 18.6. The first kappa shape index (κ1) is 18.8. The number of benzene rings is 2. The van der Waals surface area contributed by atoms with E-state index in [9.17, 15) is 13.2 Å². The third-order valence-corrected chi connectivity index (χ3v) is 4.12. The van der Waals surface area contributed by atoms with Crippen molar-refractivity contribution in [2.75, 3.05) is 16.3 Å². The van der Waals surface area contributed by atoms with Gasteiger partial charge in [-0.15, -0.1) is 0 Å². The summed E-state index contributed by atoms with van der Waals surface area (Å²) in [6.07, 6.45) is 1.10. The molecular weight excluding hydrogens is 338 g/mol. The lowest BCUT2D eigenvalue weighted by atomic mass is 10.1. The third kappa shape index (κ3) is 6.11. The Kier molecular flexibility index (Phi) is 5.69. The summed E-state index contributed by atoms with van der Waals surface area (Å²) in [6.45, 7) is 5.78. The maximum atomic E-state index is 12.2. The number of rotatable bonds is 5. The number of anilines is 2. The minimum absolute atomic E-state index is 0.285. The highest BCUT2D eigenvalue weighted by atomic mass is 32.2. The van der Waals surface area contributed by atoms with E-state index in [1.807, 2.05) is 45.0 Å². The lowest BCUT2D eigenvalue weighted by Gasteiger charge is -2.16. The summed E-state index contributed by atoms with van der Waals surface area (Å²) < 4.78 is 25.1. The van der Waals surface area contributed by atoms with Crippen molar-refractivity contribution in [1.29, 1.82) is 0 Å². The van der Waals surface area contributed by atoms with Crippen LogP contribution in [0.1, 0.15) is 29.7 Å². The lowest BCUT2D eigenvalue weighted by Crippen LogP contribution is -2.31. The number of hydrogen-bond acceptors (Lipinski definition) is 3. The molecule has 2 aromatic rings. The Morgan fingerprint density at radius 2 is 1.64 bits per heavy atom. The minimum atomic E-state index is -3.34. The van der Waals surface area contributed by atoms with E-state index in [1.165, 1.54) is 0 Å². The van der Waals surface area contributed by atoms with Gasteiger partial charge in [0.15, 0.2) is 0 Å². The zero-order valence-electron chi connectivity index (χ0n) is 14.8. The molecule has 0 saturated heterocycles. The molecule has 0 fully saturated rings. The van der Waals surface area contributed by atoms with Gasteiger partial charge in [-0.1, -0.05) is 18.2 Å². The molecule has 0 aromatic heterocycles. The summed E-state index contributed by atoms with van der Waals surface area (Å²) >= 11 is 0. The monoisotopic (exact) mass is 361 g/mol. The lowest BCUT2D eigenvalue weighted by molar-refractivity contribution is 0.249. The molecule has 1 atom stereocenters. The van der Waals surface area contributed by atoms with Crippen molar-refractivity contribution in [2.24, 2.45) is 0 Å². The number of carbonyl (C=O) groups is 1. The van der Waals surface area contributed by atoms with Gasteiger partial charge in [-0.3, -0.25) is 4.72 Å². The first-order chi connectivity index (χ1) is 11.6. The Morgan fingerprint density at radius 3 is 2.24 bits per heavy atom. The van der Waals surface area contributed by atoms with Crippen LogP contribution in [0.3, 0.4) is 0 Å². The Balaban J connectivity index is 2.04. The number of urea groups is 1. The number of carbonyl (C=O) groups excluding carboxylic acids is 1. The average molecular weight is 361 g/mol. The van der Waals surface area contributed by atoms with Crippen LogP contribution >= 0.6 is 0 Å². The molecule has 0 aliphatic heterocycles. The number of aryl methyl sites for hydroxylation is 2. The maximum absolute atomic E-state index is 12.2. The van der Waals surface area contributed by atoms with E-state index in [2.05, 4.69) is 15.4 Å². The molecule has 2 aromatic carbocycles. The molecular formula is C18H23N3O3S. The summed E-state index contributed by atoms with van der Waals surface area (Å²) in [5, 5.41) is 5.66. The van der Waals surface area contributed by atoms with Crippen molar-refractivity contribution >= 4 is 27.4 Å². The van der Waals surface area contributed by atoms with Crippen molar-refractivity contribution in [2.45, 2.75) is 26.8 Å². The van der Waals surface area contributed by atoms with Crippen LogP contribution in [0.4, 0.5) is 16.2 Å². The molecule has 7 heteroatoms. The Labute approximate surface area is 148 Å². The van der Waals surface area contributed by atoms with Crippen molar-refractivity contribution < 1.29 is 13.2 Å². The van der Waals surface area contributed by atoms with Gasteiger partial charge in [-0.05, 0) is 61.7 Å². The average Bonchev–Trinajstić information content (AvgIpc) is 2.44. The van der Waals surface area contributed by atoms with Crippen LogP contribution in [0.15, 0.2) is 42.5 Å². The van der Waals surface area contributed by atoms with Gasteiger partial charge >= 0.3 is 6.03 Å². The van der Waals surface area contributed by atoms with Gasteiger partial charge in [-0.25, -0.2) is 13.2 Å². The van der Waals surface area contributed by atoms with E-state index in [1.54, 1.807) is 18.2 Å². The van der Waals surface area contributed by atoms with Crippen LogP contribution in [0.5, 0.6) is 0 Å². The SMILES string of the molecule is Cc1cc(C)cc(NC(=O)NC(C)c2cccc(NS(C)(=O)=O)c2)c1. The first-order valence-electron chi connectivity index (χ1n) is 7.86. The van der Waals surface area contributed by atoms with E-state index in [0.29, 0.717) is 5.69 Å². The van der Waals surface area contributed by atoms with Gasteiger partial charge < -0.3 is 10.6 Å². The van der Waals surface area contributed by atoms with Crippen LogP contribution in [0.25, 0.3) is 0 Å². The molecule has 0 spiro atoms. The Hall–Kier alpha value is -2.54. The van der Waals surface area contributed by atoms with Crippen LogP contribution in [0.2, 0.25) is 0 Å². The molecule has 0 heterocycles. The highest BCUT2D eigenvalue weighted by molar-refractivity contribution is 7.92. The fourth-order valence-electron chi connectivity index (χ4n) is 2.58. The summed E-state index contributed by atoms with van der Waals surface area (Å²) in [6, 6.07) is 12.1. The number of amides is 2. The summed E-state index contributed by atoms with van der Waals surface area (Å²) in [5.41, 5.74) is 4.13. The normalized spacial score (nSPS) is 12.3. The topological polar surface area (TPSA) is 87.3 Å². The zero-order valence-corrected chi connectivity index (χ0v) is 15.6. The fourth-order valence-corrected chi connectivity index (χ4v) is 3.13. The molecule has 0 saturated carbocycles. The summed E-state index contributed by atoms with van der Waals surface area (Å²) in [5.74, 6) is 0. The van der Waals surface area contributed by atoms with Crippen LogP contribution in [-0.4, -0.2) is 20.7 Å². The molecule has 0 aliphatic rings. The third-order valence-electron chi connectivity index (χ3n) is 3.52. The molecule has 6 nitrogen and oxygen atoms in total. The Bertz CT molecular complexity index is 859. The quantitative estimate of drug-likeness (QED) is 0.761. The van der Waals surface area contributed by atoms with E-state index in [4.69, 9.17) is 0 Å². The van der Waals surface area contributed by atoms with Crippen molar-refractivity contribution in [3.05, 3.63) is 59.2 Å². The van der Waals surface area contributed by atoms with Crippen molar-refractivity contribution in [3.63, 3.8) is 0 Å². The molecule has 1 unspecified atom stereocenters. The number of sulfonamides is 1. The second-order valence-corrected chi connectivity index (χ2v) is 7.94. The smallest absolute Gasteiger partial charge is 0.319 e. The van der Waals surface area contributed by atoms with Gasteiger partial charge in [0.25, 0.3) is 0 Å².